The molecular weight excluding hydrogens is 487 g/mol. The van der Waals surface area contributed by atoms with Crippen LogP contribution in [0.3, 0.4) is 0 Å². The largest absolute Gasteiger partial charge is 0.355 e. The second-order valence-corrected chi connectivity index (χ2v) is 11.9. The Balaban J connectivity index is 1.33. The maximum Gasteiger partial charge on any atom is 0.350 e. The molecule has 2 amide bonds. The average Bonchev–Trinajstić information content (AvgIpc) is 3.39. The van der Waals surface area contributed by atoms with E-state index in [0.29, 0.717) is 11.7 Å². The smallest absolute Gasteiger partial charge is 0.350 e. The highest BCUT2D eigenvalue weighted by atomic mass is 35.5. The van der Waals surface area contributed by atoms with E-state index in [-0.39, 0.29) is 17.9 Å². The van der Waals surface area contributed by atoms with Gasteiger partial charge in [0, 0.05) is 42.4 Å². The number of halogens is 2. The molecule has 37 heavy (non-hydrogen) atoms. The zero-order chi connectivity index (χ0) is 25.6. The van der Waals surface area contributed by atoms with Gasteiger partial charge in [-0.3, -0.25) is 4.90 Å². The molecule has 0 N–H and O–H groups in total. The van der Waals surface area contributed by atoms with Crippen molar-refractivity contribution in [3.05, 3.63) is 64.9 Å². The van der Waals surface area contributed by atoms with Crippen LogP contribution in [0.1, 0.15) is 57.4 Å². The van der Waals surface area contributed by atoms with Crippen molar-refractivity contribution in [2.45, 2.75) is 75.9 Å². The number of hydrogen-bond acceptors (Lipinski definition) is 3. The van der Waals surface area contributed by atoms with Crippen LogP contribution in [0.5, 0.6) is 0 Å². The number of hydrogen-bond donors (Lipinski definition) is 0. The average molecular weight is 523 g/mol. The van der Waals surface area contributed by atoms with Crippen molar-refractivity contribution in [1.82, 2.24) is 9.80 Å². The van der Waals surface area contributed by atoms with Crippen molar-refractivity contribution in [2.24, 2.45) is 10.9 Å². The Hall–Kier alpha value is -2.44. The molecule has 1 saturated carbocycles. The minimum atomic E-state index is -0.558. The van der Waals surface area contributed by atoms with E-state index < -0.39 is 5.54 Å². The van der Waals surface area contributed by atoms with E-state index in [9.17, 15) is 9.18 Å². The van der Waals surface area contributed by atoms with E-state index in [1.807, 2.05) is 29.2 Å². The number of piperidine rings is 1. The third kappa shape index (κ3) is 4.67. The molecule has 2 saturated heterocycles. The molecule has 5 nitrogen and oxygen atoms in total. The summed E-state index contributed by atoms with van der Waals surface area (Å²) in [6.07, 6.45) is 8.61. The van der Waals surface area contributed by atoms with Crippen LogP contribution in [0.15, 0.2) is 53.5 Å². The molecule has 3 aliphatic heterocycles. The van der Waals surface area contributed by atoms with Crippen LogP contribution in [0.25, 0.3) is 0 Å². The predicted molar refractivity (Wildman–Crippen MR) is 147 cm³/mol. The summed E-state index contributed by atoms with van der Waals surface area (Å²) in [5, 5.41) is 0.747. The number of anilines is 1. The fourth-order valence-electron chi connectivity index (χ4n) is 7.05. The Morgan fingerprint density at radius 3 is 2.65 bits per heavy atom. The molecule has 1 spiro atoms. The summed E-state index contributed by atoms with van der Waals surface area (Å²) >= 11 is 6.29. The number of amides is 2. The molecule has 3 heterocycles. The number of urea groups is 1. The molecule has 1 unspecified atom stereocenters. The lowest BCUT2D eigenvalue weighted by Crippen LogP contribution is -2.64. The first-order valence-corrected chi connectivity index (χ1v) is 14.2. The summed E-state index contributed by atoms with van der Waals surface area (Å²) in [5.41, 5.74) is 1.25. The zero-order valence-electron chi connectivity index (χ0n) is 21.6. The minimum Gasteiger partial charge on any atom is -0.355 e. The van der Waals surface area contributed by atoms with Gasteiger partial charge in [0.15, 0.2) is 0 Å². The van der Waals surface area contributed by atoms with Gasteiger partial charge in [-0.1, -0.05) is 36.2 Å². The first-order chi connectivity index (χ1) is 17.9. The number of aliphatic imine (C=N–C) groups is 1. The molecule has 3 atom stereocenters. The fourth-order valence-corrected chi connectivity index (χ4v) is 7.26. The van der Waals surface area contributed by atoms with Gasteiger partial charge >= 0.3 is 6.03 Å². The Bertz CT molecular complexity index is 1200. The molecule has 0 aromatic heterocycles. The molecule has 7 heteroatoms. The SMILES string of the molecule is C[C@@H]1C[C@]2(CCN1CC1CCC1)C(N1CCCC1Cc1cccc(Cl)c1)=NC(=O)N2c1cccc(F)c1. The molecule has 0 radical (unpaired) electrons. The third-order valence-corrected chi connectivity index (χ3v) is 9.33. The van der Waals surface area contributed by atoms with E-state index in [2.05, 4.69) is 22.8 Å². The highest BCUT2D eigenvalue weighted by molar-refractivity contribution is 6.30. The highest BCUT2D eigenvalue weighted by Gasteiger charge is 2.56. The van der Waals surface area contributed by atoms with Gasteiger partial charge in [-0.05, 0) is 93.7 Å². The second kappa shape index (κ2) is 10.0. The first-order valence-electron chi connectivity index (χ1n) is 13.9. The molecule has 3 fully saturated rings. The lowest BCUT2D eigenvalue weighted by atomic mass is 9.78. The standard InChI is InChI=1S/C30H36ClFN4O/c1-21-19-30(13-15-34(21)20-22-6-2-7-22)28(33-29(37)36(30)27-11-4-10-25(32)18-27)35-14-5-12-26(35)17-23-8-3-9-24(31)16-23/h3-4,8-11,16,18,21-22,26H,2,5-7,12-15,17,19-20H2,1H3/t21-,26?,30-/m1/s1. The molecule has 4 aliphatic rings. The Morgan fingerprint density at radius 1 is 1.08 bits per heavy atom. The summed E-state index contributed by atoms with van der Waals surface area (Å²) in [5.74, 6) is 1.36. The van der Waals surface area contributed by atoms with E-state index in [1.165, 1.54) is 37.0 Å². The molecule has 0 bridgehead atoms. The van der Waals surface area contributed by atoms with Crippen molar-refractivity contribution < 1.29 is 9.18 Å². The van der Waals surface area contributed by atoms with Gasteiger partial charge in [0.25, 0.3) is 0 Å². The van der Waals surface area contributed by atoms with Crippen LogP contribution in [-0.4, -0.2) is 58.9 Å². The first kappa shape index (κ1) is 24.9. The van der Waals surface area contributed by atoms with Crippen LogP contribution in [-0.2, 0) is 6.42 Å². The number of amidine groups is 1. The lowest BCUT2D eigenvalue weighted by Gasteiger charge is -2.51. The van der Waals surface area contributed by atoms with Crippen molar-refractivity contribution >= 4 is 29.2 Å². The van der Waals surface area contributed by atoms with Crippen LogP contribution in [0.4, 0.5) is 14.9 Å². The van der Waals surface area contributed by atoms with E-state index in [4.69, 9.17) is 16.6 Å². The van der Waals surface area contributed by atoms with Crippen LogP contribution in [0.2, 0.25) is 5.02 Å². The molecule has 6 rings (SSSR count). The van der Waals surface area contributed by atoms with Gasteiger partial charge in [0.2, 0.25) is 0 Å². The maximum absolute atomic E-state index is 14.4. The minimum absolute atomic E-state index is 0.262. The topological polar surface area (TPSA) is 39.1 Å². The zero-order valence-corrected chi connectivity index (χ0v) is 22.3. The van der Waals surface area contributed by atoms with Crippen LogP contribution >= 0.6 is 11.6 Å². The summed E-state index contributed by atoms with van der Waals surface area (Å²) < 4.78 is 14.4. The Kier molecular flexibility index (Phi) is 6.74. The number of benzene rings is 2. The van der Waals surface area contributed by atoms with Gasteiger partial charge in [-0.15, -0.1) is 0 Å². The molecule has 1 aliphatic carbocycles. The Labute approximate surface area is 224 Å². The van der Waals surface area contributed by atoms with Gasteiger partial charge in [-0.2, -0.15) is 4.99 Å². The van der Waals surface area contributed by atoms with Crippen molar-refractivity contribution in [2.75, 3.05) is 24.5 Å². The highest BCUT2D eigenvalue weighted by Crippen LogP contribution is 2.44. The summed E-state index contributed by atoms with van der Waals surface area (Å²) in [6, 6.07) is 14.8. The Morgan fingerprint density at radius 2 is 1.92 bits per heavy atom. The van der Waals surface area contributed by atoms with Crippen molar-refractivity contribution in [3.63, 3.8) is 0 Å². The van der Waals surface area contributed by atoms with E-state index in [0.717, 1.165) is 68.5 Å². The fraction of sp³-hybridized carbons (Fsp3) is 0.533. The van der Waals surface area contributed by atoms with Gasteiger partial charge in [0.1, 0.15) is 17.2 Å². The quantitative estimate of drug-likeness (QED) is 0.447. The lowest BCUT2D eigenvalue weighted by molar-refractivity contribution is 0.0875. The van der Waals surface area contributed by atoms with Crippen molar-refractivity contribution in [1.29, 1.82) is 0 Å². The third-order valence-electron chi connectivity index (χ3n) is 9.10. The van der Waals surface area contributed by atoms with E-state index in [1.54, 1.807) is 6.07 Å². The summed E-state index contributed by atoms with van der Waals surface area (Å²) in [6.45, 7) is 5.23. The maximum atomic E-state index is 14.4. The van der Waals surface area contributed by atoms with Crippen LogP contribution in [0, 0.1) is 11.7 Å². The summed E-state index contributed by atoms with van der Waals surface area (Å²) in [7, 11) is 0. The number of likely N-dealkylation sites (tertiary alicyclic amines) is 2. The van der Waals surface area contributed by atoms with Gasteiger partial charge in [-0.25, -0.2) is 9.18 Å². The van der Waals surface area contributed by atoms with Crippen LogP contribution < -0.4 is 4.90 Å². The molecule has 196 valence electrons. The number of carbonyl (C=O) groups is 1. The van der Waals surface area contributed by atoms with Gasteiger partial charge < -0.3 is 9.80 Å². The normalized spacial score (nSPS) is 28.7. The number of nitrogens with zero attached hydrogens (tertiary/aromatic N) is 4. The monoisotopic (exact) mass is 522 g/mol. The predicted octanol–water partition coefficient (Wildman–Crippen LogP) is 6.55. The number of rotatable bonds is 5. The van der Waals surface area contributed by atoms with Gasteiger partial charge in [0.05, 0.1) is 0 Å². The number of carbonyl (C=O) groups excluding carboxylic acids is 1. The van der Waals surface area contributed by atoms with E-state index >= 15 is 0 Å². The van der Waals surface area contributed by atoms with Crippen molar-refractivity contribution in [3.8, 4) is 0 Å². The molecular formula is C30H36ClFN4O. The second-order valence-electron chi connectivity index (χ2n) is 11.5. The summed E-state index contributed by atoms with van der Waals surface area (Å²) in [4.78, 5) is 25.2. The molecule has 2 aromatic rings. The molecule has 2 aromatic carbocycles.